The number of hydrogen-bond donors (Lipinski definition) is 1. The van der Waals surface area contributed by atoms with Crippen LogP contribution in [0, 0.1) is 5.92 Å². The van der Waals surface area contributed by atoms with Crippen molar-refractivity contribution in [3.05, 3.63) is 11.7 Å². The molecular formula is C11H17N3O. The lowest BCUT2D eigenvalue weighted by Crippen LogP contribution is -2.27. The van der Waals surface area contributed by atoms with Crippen LogP contribution in [0.1, 0.15) is 49.9 Å². The predicted molar refractivity (Wildman–Crippen MR) is 55.3 cm³/mol. The van der Waals surface area contributed by atoms with Crippen LogP contribution in [-0.4, -0.2) is 16.7 Å². The van der Waals surface area contributed by atoms with E-state index in [0.29, 0.717) is 6.04 Å². The van der Waals surface area contributed by atoms with E-state index >= 15 is 0 Å². The van der Waals surface area contributed by atoms with Gasteiger partial charge in [0, 0.05) is 6.42 Å². The first-order valence-electron chi connectivity index (χ1n) is 5.97. The third kappa shape index (κ3) is 2.20. The summed E-state index contributed by atoms with van der Waals surface area (Å²) in [7, 11) is 0. The lowest BCUT2D eigenvalue weighted by atomic mass is 10.1. The molecular weight excluding hydrogens is 190 g/mol. The molecule has 1 saturated heterocycles. The van der Waals surface area contributed by atoms with Crippen molar-refractivity contribution in [1.29, 1.82) is 0 Å². The van der Waals surface area contributed by atoms with Crippen LogP contribution >= 0.6 is 0 Å². The van der Waals surface area contributed by atoms with Crippen LogP contribution in [0.5, 0.6) is 0 Å². The van der Waals surface area contributed by atoms with Crippen LogP contribution < -0.4 is 5.32 Å². The molecule has 1 saturated carbocycles. The monoisotopic (exact) mass is 207 g/mol. The van der Waals surface area contributed by atoms with Crippen LogP contribution in [0.25, 0.3) is 0 Å². The number of nitrogens with one attached hydrogen (secondary N) is 1. The van der Waals surface area contributed by atoms with Crippen LogP contribution in [-0.2, 0) is 6.42 Å². The van der Waals surface area contributed by atoms with Crippen molar-refractivity contribution >= 4 is 0 Å². The Hall–Kier alpha value is -0.900. The van der Waals surface area contributed by atoms with Gasteiger partial charge in [-0.3, -0.25) is 0 Å². The summed E-state index contributed by atoms with van der Waals surface area (Å²) in [5, 5.41) is 7.47. The SMILES string of the molecule is C1CCC(c2nc(CC3CC3)no2)NC1. The highest BCUT2D eigenvalue weighted by Gasteiger charge is 2.26. The molecule has 1 aromatic rings. The molecule has 0 bridgehead atoms. The van der Waals surface area contributed by atoms with Crippen molar-refractivity contribution in [3.63, 3.8) is 0 Å². The van der Waals surface area contributed by atoms with Crippen molar-refractivity contribution in [3.8, 4) is 0 Å². The van der Waals surface area contributed by atoms with E-state index in [1.54, 1.807) is 0 Å². The Morgan fingerprint density at radius 3 is 2.93 bits per heavy atom. The number of aromatic nitrogens is 2. The summed E-state index contributed by atoms with van der Waals surface area (Å²) in [6.07, 6.45) is 7.34. The van der Waals surface area contributed by atoms with Crippen LogP contribution in [0.3, 0.4) is 0 Å². The van der Waals surface area contributed by atoms with Crippen molar-refractivity contribution in [1.82, 2.24) is 15.5 Å². The molecule has 0 amide bonds. The second-order valence-corrected chi connectivity index (χ2v) is 4.70. The average molecular weight is 207 g/mol. The number of hydrogen-bond acceptors (Lipinski definition) is 4. The van der Waals surface area contributed by atoms with Crippen LogP contribution in [0.4, 0.5) is 0 Å². The standard InChI is InChI=1S/C11H17N3O/c1-2-6-12-9(3-1)11-13-10(14-15-11)7-8-4-5-8/h8-9,12H,1-7H2. The molecule has 1 N–H and O–H groups in total. The minimum Gasteiger partial charge on any atom is -0.338 e. The molecule has 0 aromatic carbocycles. The fourth-order valence-electron chi connectivity index (χ4n) is 2.13. The molecule has 82 valence electrons. The van der Waals surface area contributed by atoms with Gasteiger partial charge < -0.3 is 9.84 Å². The molecule has 1 unspecified atom stereocenters. The first kappa shape index (κ1) is 9.33. The smallest absolute Gasteiger partial charge is 0.243 e. The van der Waals surface area contributed by atoms with Crippen LogP contribution in [0.2, 0.25) is 0 Å². The van der Waals surface area contributed by atoms with Crippen molar-refractivity contribution in [2.75, 3.05) is 6.54 Å². The van der Waals surface area contributed by atoms with E-state index in [4.69, 9.17) is 4.52 Å². The molecule has 2 aliphatic rings. The highest BCUT2D eigenvalue weighted by atomic mass is 16.5. The van der Waals surface area contributed by atoms with E-state index in [-0.39, 0.29) is 0 Å². The molecule has 2 heterocycles. The van der Waals surface area contributed by atoms with Gasteiger partial charge in [0.2, 0.25) is 5.89 Å². The van der Waals surface area contributed by atoms with Gasteiger partial charge in [0.15, 0.2) is 5.82 Å². The number of nitrogens with zero attached hydrogens (tertiary/aromatic N) is 2. The molecule has 1 aliphatic carbocycles. The van der Waals surface area contributed by atoms with Gasteiger partial charge in [0.1, 0.15) is 0 Å². The predicted octanol–water partition coefficient (Wildman–Crippen LogP) is 1.84. The second kappa shape index (κ2) is 3.93. The summed E-state index contributed by atoms with van der Waals surface area (Å²) in [5.41, 5.74) is 0. The maximum atomic E-state index is 5.31. The molecule has 4 heteroatoms. The van der Waals surface area contributed by atoms with Gasteiger partial charge in [-0.15, -0.1) is 0 Å². The largest absolute Gasteiger partial charge is 0.338 e. The molecule has 3 rings (SSSR count). The first-order valence-corrected chi connectivity index (χ1v) is 5.97. The molecule has 0 radical (unpaired) electrons. The minimum absolute atomic E-state index is 0.305. The maximum absolute atomic E-state index is 5.31. The molecule has 1 aromatic heterocycles. The van der Waals surface area contributed by atoms with Gasteiger partial charge in [-0.05, 0) is 38.1 Å². The van der Waals surface area contributed by atoms with Crippen molar-refractivity contribution in [2.24, 2.45) is 5.92 Å². The Bertz CT molecular complexity index is 326. The van der Waals surface area contributed by atoms with Gasteiger partial charge in [0.25, 0.3) is 0 Å². The highest BCUT2D eigenvalue weighted by molar-refractivity contribution is 4.96. The molecule has 1 atom stereocenters. The van der Waals surface area contributed by atoms with Gasteiger partial charge in [-0.2, -0.15) is 4.98 Å². The third-order valence-corrected chi connectivity index (χ3v) is 3.26. The number of piperidine rings is 1. The van der Waals surface area contributed by atoms with Gasteiger partial charge >= 0.3 is 0 Å². The zero-order valence-electron chi connectivity index (χ0n) is 8.91. The van der Waals surface area contributed by atoms with Crippen LogP contribution in [0.15, 0.2) is 4.52 Å². The minimum atomic E-state index is 0.305. The summed E-state index contributed by atoms with van der Waals surface area (Å²) in [4.78, 5) is 4.47. The Kier molecular flexibility index (Phi) is 2.44. The van der Waals surface area contributed by atoms with Crippen molar-refractivity contribution in [2.45, 2.75) is 44.6 Å². The summed E-state index contributed by atoms with van der Waals surface area (Å²) in [6.45, 7) is 1.07. The molecule has 4 nitrogen and oxygen atoms in total. The summed E-state index contributed by atoms with van der Waals surface area (Å²) in [5.74, 6) is 2.53. The zero-order valence-corrected chi connectivity index (χ0v) is 8.91. The Morgan fingerprint density at radius 2 is 2.20 bits per heavy atom. The van der Waals surface area contributed by atoms with Gasteiger partial charge in [-0.1, -0.05) is 11.6 Å². The Morgan fingerprint density at radius 1 is 1.27 bits per heavy atom. The van der Waals surface area contributed by atoms with E-state index in [9.17, 15) is 0 Å². The molecule has 15 heavy (non-hydrogen) atoms. The maximum Gasteiger partial charge on any atom is 0.243 e. The van der Waals surface area contributed by atoms with Gasteiger partial charge in [-0.25, -0.2) is 0 Å². The van der Waals surface area contributed by atoms with E-state index < -0.39 is 0 Å². The Labute approximate surface area is 89.4 Å². The number of rotatable bonds is 3. The quantitative estimate of drug-likeness (QED) is 0.821. The van der Waals surface area contributed by atoms with Gasteiger partial charge in [0.05, 0.1) is 6.04 Å². The normalized spacial score (nSPS) is 26.8. The molecule has 1 aliphatic heterocycles. The Balaban J connectivity index is 1.65. The van der Waals surface area contributed by atoms with E-state index in [2.05, 4.69) is 15.5 Å². The fraction of sp³-hybridized carbons (Fsp3) is 0.818. The summed E-state index contributed by atoms with van der Waals surface area (Å²) >= 11 is 0. The van der Waals surface area contributed by atoms with E-state index in [0.717, 1.165) is 37.0 Å². The highest BCUT2D eigenvalue weighted by Crippen LogP contribution is 2.32. The van der Waals surface area contributed by atoms with E-state index in [1.165, 1.54) is 25.7 Å². The first-order chi connectivity index (χ1) is 7.42. The third-order valence-electron chi connectivity index (χ3n) is 3.26. The lowest BCUT2D eigenvalue weighted by Gasteiger charge is -2.19. The summed E-state index contributed by atoms with van der Waals surface area (Å²) < 4.78 is 5.31. The second-order valence-electron chi connectivity index (χ2n) is 4.70. The fourth-order valence-corrected chi connectivity index (χ4v) is 2.13. The van der Waals surface area contributed by atoms with Crippen molar-refractivity contribution < 1.29 is 4.52 Å². The average Bonchev–Trinajstić information content (AvgIpc) is 2.96. The lowest BCUT2D eigenvalue weighted by molar-refractivity contribution is 0.295. The zero-order chi connectivity index (χ0) is 10.1. The topological polar surface area (TPSA) is 51.0 Å². The molecule has 0 spiro atoms. The summed E-state index contributed by atoms with van der Waals surface area (Å²) in [6, 6.07) is 0.305. The van der Waals surface area contributed by atoms with E-state index in [1.807, 2.05) is 0 Å². The molecule has 2 fully saturated rings.